The zero-order chi connectivity index (χ0) is 16.4. The summed E-state index contributed by atoms with van der Waals surface area (Å²) in [5.41, 5.74) is 0.870. The van der Waals surface area contributed by atoms with Crippen LogP contribution in [0.1, 0.15) is 10.5 Å². The highest BCUT2D eigenvalue weighted by molar-refractivity contribution is 6.35. The largest absolute Gasteiger partial charge is 0.496 e. The molecule has 0 aliphatic carbocycles. The van der Waals surface area contributed by atoms with E-state index in [2.05, 4.69) is 5.10 Å². The molecular formula is C14H15ClN2O5. The molecule has 0 atom stereocenters. The summed E-state index contributed by atoms with van der Waals surface area (Å²) in [5, 5.41) is 13.2. The first kappa shape index (κ1) is 16.0. The van der Waals surface area contributed by atoms with Crippen molar-refractivity contribution in [3.8, 4) is 28.5 Å². The lowest BCUT2D eigenvalue weighted by atomic mass is 10.1. The molecule has 0 aliphatic heterocycles. The number of carboxylic acids is 1. The third-order valence-electron chi connectivity index (χ3n) is 3.15. The van der Waals surface area contributed by atoms with Gasteiger partial charge in [-0.15, -0.1) is 0 Å². The Bertz CT molecular complexity index is 727. The molecule has 8 heteroatoms. The van der Waals surface area contributed by atoms with Crippen LogP contribution in [0.15, 0.2) is 12.1 Å². The van der Waals surface area contributed by atoms with E-state index in [9.17, 15) is 4.79 Å². The van der Waals surface area contributed by atoms with Gasteiger partial charge in [-0.05, 0) is 6.07 Å². The van der Waals surface area contributed by atoms with Gasteiger partial charge in [-0.1, -0.05) is 11.6 Å². The van der Waals surface area contributed by atoms with Crippen molar-refractivity contribution < 1.29 is 24.1 Å². The van der Waals surface area contributed by atoms with Gasteiger partial charge in [0, 0.05) is 13.1 Å². The van der Waals surface area contributed by atoms with E-state index in [-0.39, 0.29) is 10.7 Å². The smallest absolute Gasteiger partial charge is 0.356 e. The van der Waals surface area contributed by atoms with Gasteiger partial charge in [0.05, 0.1) is 37.6 Å². The maximum atomic E-state index is 11.1. The van der Waals surface area contributed by atoms with Crippen LogP contribution in [0.3, 0.4) is 0 Å². The first-order chi connectivity index (χ1) is 10.4. The molecule has 0 saturated carbocycles. The van der Waals surface area contributed by atoms with Crippen molar-refractivity contribution >= 4 is 17.6 Å². The Morgan fingerprint density at radius 1 is 1.18 bits per heavy atom. The number of rotatable bonds is 5. The number of carboxylic acid groups (broad SMARTS) is 1. The van der Waals surface area contributed by atoms with Crippen LogP contribution in [0.2, 0.25) is 5.02 Å². The third kappa shape index (κ3) is 2.55. The number of halogens is 1. The second kappa shape index (κ2) is 6.15. The first-order valence-electron chi connectivity index (χ1n) is 6.20. The minimum Gasteiger partial charge on any atom is -0.496 e. The molecule has 7 nitrogen and oxygen atoms in total. The molecule has 0 spiro atoms. The predicted octanol–water partition coefficient (Wildman–Crippen LogP) is 2.46. The number of ether oxygens (including phenoxy) is 3. The van der Waals surface area contributed by atoms with Gasteiger partial charge < -0.3 is 19.3 Å². The number of aromatic nitrogens is 2. The molecule has 0 saturated heterocycles. The molecule has 1 aromatic carbocycles. The zero-order valence-electron chi connectivity index (χ0n) is 12.5. The first-order valence-corrected chi connectivity index (χ1v) is 6.58. The average Bonchev–Trinajstić information content (AvgIpc) is 2.88. The molecule has 0 unspecified atom stereocenters. The van der Waals surface area contributed by atoms with Crippen molar-refractivity contribution in [3.05, 3.63) is 22.8 Å². The van der Waals surface area contributed by atoms with Gasteiger partial charge >= 0.3 is 5.97 Å². The van der Waals surface area contributed by atoms with Gasteiger partial charge in [0.15, 0.2) is 17.2 Å². The Morgan fingerprint density at radius 3 is 2.27 bits per heavy atom. The third-order valence-corrected chi connectivity index (χ3v) is 3.51. The van der Waals surface area contributed by atoms with Crippen LogP contribution in [0.5, 0.6) is 17.2 Å². The van der Waals surface area contributed by atoms with Gasteiger partial charge in [-0.25, -0.2) is 4.79 Å². The minimum absolute atomic E-state index is 0.0922. The Morgan fingerprint density at radius 2 is 1.82 bits per heavy atom. The molecule has 1 heterocycles. The molecule has 0 fully saturated rings. The van der Waals surface area contributed by atoms with Crippen LogP contribution in [-0.2, 0) is 7.05 Å². The van der Waals surface area contributed by atoms with E-state index in [0.29, 0.717) is 28.5 Å². The number of aryl methyl sites for hydroxylation is 1. The van der Waals surface area contributed by atoms with Crippen molar-refractivity contribution in [2.45, 2.75) is 0 Å². The van der Waals surface area contributed by atoms with Crippen LogP contribution in [0, 0.1) is 0 Å². The molecule has 0 radical (unpaired) electrons. The van der Waals surface area contributed by atoms with Crippen molar-refractivity contribution in [1.82, 2.24) is 9.78 Å². The van der Waals surface area contributed by atoms with Crippen LogP contribution in [0.25, 0.3) is 11.3 Å². The van der Waals surface area contributed by atoms with E-state index in [1.807, 2.05) is 0 Å². The molecule has 1 N–H and O–H groups in total. The number of methoxy groups -OCH3 is 3. The highest BCUT2D eigenvalue weighted by Gasteiger charge is 2.24. The summed E-state index contributed by atoms with van der Waals surface area (Å²) < 4.78 is 17.2. The number of aromatic carboxylic acids is 1. The van der Waals surface area contributed by atoms with Crippen LogP contribution >= 0.6 is 11.6 Å². The number of benzene rings is 1. The molecule has 2 rings (SSSR count). The van der Waals surface area contributed by atoms with Crippen molar-refractivity contribution in [1.29, 1.82) is 0 Å². The SMILES string of the molecule is COc1cc(OC)c(-c2cc(C(=O)O)nn2C)c(Cl)c1OC. The lowest BCUT2D eigenvalue weighted by molar-refractivity contribution is 0.0689. The van der Waals surface area contributed by atoms with Gasteiger partial charge in [0.1, 0.15) is 5.75 Å². The lowest BCUT2D eigenvalue weighted by Crippen LogP contribution is -2.01. The quantitative estimate of drug-likeness (QED) is 0.908. The van der Waals surface area contributed by atoms with E-state index in [4.69, 9.17) is 30.9 Å². The fraction of sp³-hybridized carbons (Fsp3) is 0.286. The molecule has 1 aromatic heterocycles. The van der Waals surface area contributed by atoms with Crippen LogP contribution in [0.4, 0.5) is 0 Å². The van der Waals surface area contributed by atoms with Crippen molar-refractivity contribution in [2.24, 2.45) is 7.05 Å². The average molecular weight is 327 g/mol. The second-order valence-corrected chi connectivity index (χ2v) is 4.72. The van der Waals surface area contributed by atoms with Crippen LogP contribution < -0.4 is 14.2 Å². The molecule has 0 bridgehead atoms. The number of hydrogen-bond donors (Lipinski definition) is 1. The van der Waals surface area contributed by atoms with E-state index in [1.54, 1.807) is 13.1 Å². The summed E-state index contributed by atoms with van der Waals surface area (Å²) in [5.74, 6) is 0.0340. The summed E-state index contributed by atoms with van der Waals surface area (Å²) in [6.45, 7) is 0. The Hall–Kier alpha value is -2.41. The van der Waals surface area contributed by atoms with E-state index < -0.39 is 5.97 Å². The lowest BCUT2D eigenvalue weighted by Gasteiger charge is -2.16. The summed E-state index contributed by atoms with van der Waals surface area (Å²) >= 11 is 6.40. The van der Waals surface area contributed by atoms with Gasteiger partial charge in [-0.3, -0.25) is 4.68 Å². The molecule has 22 heavy (non-hydrogen) atoms. The van der Waals surface area contributed by atoms with Crippen molar-refractivity contribution in [3.63, 3.8) is 0 Å². The summed E-state index contributed by atoms with van der Waals surface area (Å²) in [6.07, 6.45) is 0. The topological polar surface area (TPSA) is 82.8 Å². The number of carbonyl (C=O) groups is 1. The Balaban J connectivity index is 2.76. The van der Waals surface area contributed by atoms with Gasteiger partial charge in [0.2, 0.25) is 0 Å². The molecule has 0 amide bonds. The molecule has 118 valence electrons. The number of nitrogens with zero attached hydrogens (tertiary/aromatic N) is 2. The molecule has 0 aliphatic rings. The monoisotopic (exact) mass is 326 g/mol. The molecule has 2 aromatic rings. The summed E-state index contributed by atoms with van der Waals surface area (Å²) in [6, 6.07) is 3.03. The standard InChI is InChI=1S/C14H15ClN2O5/c1-17-8(5-7(16-17)14(18)19)11-9(20-2)6-10(21-3)13(22-4)12(11)15/h5-6H,1-4H3,(H,18,19). The summed E-state index contributed by atoms with van der Waals surface area (Å²) in [7, 11) is 6.05. The van der Waals surface area contributed by atoms with Gasteiger partial charge in [0.25, 0.3) is 0 Å². The van der Waals surface area contributed by atoms with E-state index >= 15 is 0 Å². The summed E-state index contributed by atoms with van der Waals surface area (Å²) in [4.78, 5) is 11.1. The zero-order valence-corrected chi connectivity index (χ0v) is 13.3. The molecular weight excluding hydrogens is 312 g/mol. The van der Waals surface area contributed by atoms with Crippen LogP contribution in [-0.4, -0.2) is 42.2 Å². The van der Waals surface area contributed by atoms with Gasteiger partial charge in [-0.2, -0.15) is 5.10 Å². The minimum atomic E-state index is -1.13. The highest BCUT2D eigenvalue weighted by atomic mass is 35.5. The highest BCUT2D eigenvalue weighted by Crippen LogP contribution is 2.47. The van der Waals surface area contributed by atoms with E-state index in [0.717, 1.165) is 0 Å². The fourth-order valence-corrected chi connectivity index (χ4v) is 2.49. The number of hydrogen-bond acceptors (Lipinski definition) is 5. The normalized spacial score (nSPS) is 10.4. The maximum absolute atomic E-state index is 11.1. The Labute approximate surface area is 132 Å². The second-order valence-electron chi connectivity index (χ2n) is 4.35. The maximum Gasteiger partial charge on any atom is 0.356 e. The van der Waals surface area contributed by atoms with Crippen molar-refractivity contribution in [2.75, 3.05) is 21.3 Å². The predicted molar refractivity (Wildman–Crippen MR) is 80.3 cm³/mol. The van der Waals surface area contributed by atoms with E-state index in [1.165, 1.54) is 32.1 Å². The Kier molecular flexibility index (Phi) is 4.46. The fourth-order valence-electron chi connectivity index (χ4n) is 2.13.